The minimum absolute atomic E-state index is 0.0154. The molecule has 1 aliphatic rings. The molecule has 1 saturated carbocycles. The topological polar surface area (TPSA) is 68.0 Å². The van der Waals surface area contributed by atoms with Crippen molar-refractivity contribution in [2.45, 2.75) is 51.5 Å². The van der Waals surface area contributed by atoms with E-state index in [1.165, 1.54) is 6.42 Å². The Labute approximate surface area is 108 Å². The van der Waals surface area contributed by atoms with Gasteiger partial charge in [0.25, 0.3) is 5.91 Å². The summed E-state index contributed by atoms with van der Waals surface area (Å²) >= 11 is 0. The van der Waals surface area contributed by atoms with E-state index in [-0.39, 0.29) is 11.4 Å². The van der Waals surface area contributed by atoms with Crippen LogP contribution in [0.1, 0.15) is 55.6 Å². The molecular weight excluding hydrogens is 226 g/mol. The van der Waals surface area contributed by atoms with Crippen molar-refractivity contribution < 1.29 is 4.79 Å². The van der Waals surface area contributed by atoms with Crippen molar-refractivity contribution in [3.8, 4) is 0 Å². The molecule has 98 valence electrons. The van der Waals surface area contributed by atoms with Crippen LogP contribution in [0.15, 0.2) is 12.1 Å². The lowest BCUT2D eigenvalue weighted by atomic mass is 9.74. The van der Waals surface area contributed by atoms with E-state index in [2.05, 4.69) is 17.2 Å². The summed E-state index contributed by atoms with van der Waals surface area (Å²) in [5.41, 5.74) is 7.22. The Bertz CT molecular complexity index is 447. The van der Waals surface area contributed by atoms with Crippen LogP contribution in [0.4, 0.5) is 5.82 Å². The van der Waals surface area contributed by atoms with Crippen LogP contribution < -0.4 is 11.1 Å². The zero-order valence-corrected chi connectivity index (χ0v) is 11.1. The summed E-state index contributed by atoms with van der Waals surface area (Å²) in [6.45, 7) is 4.13. The molecule has 18 heavy (non-hydrogen) atoms. The van der Waals surface area contributed by atoms with E-state index in [1.54, 1.807) is 6.07 Å². The summed E-state index contributed by atoms with van der Waals surface area (Å²) in [7, 11) is 0. The number of carbonyl (C=O) groups excluding carboxylic acids is 1. The number of aryl methyl sites for hydroxylation is 1. The molecule has 4 nitrogen and oxygen atoms in total. The third kappa shape index (κ3) is 2.47. The molecule has 1 aliphatic carbocycles. The summed E-state index contributed by atoms with van der Waals surface area (Å²) in [5, 5.41) is 3.15. The fourth-order valence-electron chi connectivity index (χ4n) is 2.41. The number of pyridine rings is 1. The molecule has 0 saturated heterocycles. The number of anilines is 1. The quantitative estimate of drug-likeness (QED) is 0.857. The summed E-state index contributed by atoms with van der Waals surface area (Å²) in [4.78, 5) is 16.4. The molecule has 1 heterocycles. The molecule has 1 aromatic heterocycles. The van der Waals surface area contributed by atoms with Crippen LogP contribution in [-0.4, -0.2) is 16.4 Å². The van der Waals surface area contributed by atoms with E-state index in [1.807, 2.05) is 13.0 Å². The Morgan fingerprint density at radius 2 is 2.17 bits per heavy atom. The molecule has 0 aliphatic heterocycles. The Balaban J connectivity index is 2.15. The summed E-state index contributed by atoms with van der Waals surface area (Å²) < 4.78 is 0. The van der Waals surface area contributed by atoms with Crippen molar-refractivity contribution in [3.63, 3.8) is 0 Å². The molecule has 0 atom stereocenters. The maximum Gasteiger partial charge on any atom is 0.251 e. The van der Waals surface area contributed by atoms with E-state index in [9.17, 15) is 4.79 Å². The van der Waals surface area contributed by atoms with E-state index < -0.39 is 0 Å². The minimum atomic E-state index is -0.0275. The molecule has 1 amide bonds. The largest absolute Gasteiger partial charge is 0.384 e. The van der Waals surface area contributed by atoms with Gasteiger partial charge in [-0.2, -0.15) is 0 Å². The maximum atomic E-state index is 12.2. The highest BCUT2D eigenvalue weighted by Gasteiger charge is 2.36. The summed E-state index contributed by atoms with van der Waals surface area (Å²) in [6.07, 6.45) is 5.13. The van der Waals surface area contributed by atoms with Gasteiger partial charge in [-0.25, -0.2) is 4.98 Å². The molecule has 1 fully saturated rings. The average Bonchev–Trinajstić information content (AvgIpc) is 2.32. The number of hydrogen-bond donors (Lipinski definition) is 2. The van der Waals surface area contributed by atoms with Gasteiger partial charge < -0.3 is 11.1 Å². The van der Waals surface area contributed by atoms with Crippen LogP contribution in [0, 0.1) is 0 Å². The van der Waals surface area contributed by atoms with E-state index in [4.69, 9.17) is 5.73 Å². The second kappa shape index (κ2) is 4.96. The highest BCUT2D eigenvalue weighted by Crippen LogP contribution is 2.34. The van der Waals surface area contributed by atoms with Crippen molar-refractivity contribution in [3.05, 3.63) is 23.4 Å². The van der Waals surface area contributed by atoms with Gasteiger partial charge in [-0.3, -0.25) is 4.79 Å². The number of nitrogens with zero attached hydrogens (tertiary/aromatic N) is 1. The predicted molar refractivity (Wildman–Crippen MR) is 72.4 cm³/mol. The SMILES string of the molecule is CCc1cc(C(=O)NC2(CC)CCC2)cc(N)n1. The number of aromatic nitrogens is 1. The van der Waals surface area contributed by atoms with E-state index in [0.29, 0.717) is 11.4 Å². The molecule has 0 radical (unpaired) electrons. The Morgan fingerprint density at radius 3 is 2.67 bits per heavy atom. The van der Waals surface area contributed by atoms with Crippen LogP contribution in [-0.2, 0) is 6.42 Å². The molecular formula is C14H21N3O. The zero-order chi connectivity index (χ0) is 13.2. The van der Waals surface area contributed by atoms with Gasteiger partial charge in [0.1, 0.15) is 5.82 Å². The first-order valence-corrected chi connectivity index (χ1v) is 6.67. The van der Waals surface area contributed by atoms with Gasteiger partial charge in [0.05, 0.1) is 0 Å². The van der Waals surface area contributed by atoms with E-state index >= 15 is 0 Å². The highest BCUT2D eigenvalue weighted by atomic mass is 16.1. The normalized spacial score (nSPS) is 17.0. The number of carbonyl (C=O) groups is 1. The van der Waals surface area contributed by atoms with Gasteiger partial charge in [-0.1, -0.05) is 13.8 Å². The molecule has 4 heteroatoms. The summed E-state index contributed by atoms with van der Waals surface area (Å²) in [5.74, 6) is 0.388. The lowest BCUT2D eigenvalue weighted by molar-refractivity contribution is 0.0820. The Morgan fingerprint density at radius 1 is 1.44 bits per heavy atom. The first-order chi connectivity index (χ1) is 8.58. The fourth-order valence-corrected chi connectivity index (χ4v) is 2.41. The molecule has 0 spiro atoms. The zero-order valence-electron chi connectivity index (χ0n) is 11.1. The van der Waals surface area contributed by atoms with Crippen molar-refractivity contribution in [2.75, 3.05) is 5.73 Å². The third-order valence-corrected chi connectivity index (χ3v) is 3.89. The number of nitrogen functional groups attached to an aromatic ring is 1. The molecule has 0 aromatic carbocycles. The number of nitrogens with two attached hydrogens (primary N) is 1. The second-order valence-corrected chi connectivity index (χ2v) is 5.07. The fraction of sp³-hybridized carbons (Fsp3) is 0.571. The van der Waals surface area contributed by atoms with Crippen molar-refractivity contribution >= 4 is 11.7 Å². The number of rotatable bonds is 4. The van der Waals surface area contributed by atoms with Crippen molar-refractivity contribution in [1.82, 2.24) is 10.3 Å². The smallest absolute Gasteiger partial charge is 0.251 e. The Hall–Kier alpha value is -1.58. The Kier molecular flexibility index (Phi) is 3.55. The van der Waals surface area contributed by atoms with Crippen LogP contribution in [0.3, 0.4) is 0 Å². The third-order valence-electron chi connectivity index (χ3n) is 3.89. The lowest BCUT2D eigenvalue weighted by Gasteiger charge is -2.42. The standard InChI is InChI=1S/C14H21N3O/c1-3-11-8-10(9-12(15)16-11)13(18)17-14(4-2)6-5-7-14/h8-9H,3-7H2,1-2H3,(H2,15,16)(H,17,18). The van der Waals surface area contributed by atoms with Crippen LogP contribution in [0.2, 0.25) is 0 Å². The first kappa shape index (κ1) is 12.9. The van der Waals surface area contributed by atoms with Crippen LogP contribution in [0.5, 0.6) is 0 Å². The predicted octanol–water partition coefficient (Wildman–Crippen LogP) is 2.29. The van der Waals surface area contributed by atoms with E-state index in [0.717, 1.165) is 31.4 Å². The maximum absolute atomic E-state index is 12.2. The number of hydrogen-bond acceptors (Lipinski definition) is 3. The lowest BCUT2D eigenvalue weighted by Crippen LogP contribution is -2.53. The molecule has 3 N–H and O–H groups in total. The summed E-state index contributed by atoms with van der Waals surface area (Å²) in [6, 6.07) is 3.48. The van der Waals surface area contributed by atoms with Crippen molar-refractivity contribution in [1.29, 1.82) is 0 Å². The molecule has 1 aromatic rings. The molecule has 0 unspecified atom stereocenters. The first-order valence-electron chi connectivity index (χ1n) is 6.67. The second-order valence-electron chi connectivity index (χ2n) is 5.07. The van der Waals surface area contributed by atoms with Gasteiger partial charge in [0.2, 0.25) is 0 Å². The molecule has 0 bridgehead atoms. The van der Waals surface area contributed by atoms with Gasteiger partial charge in [0.15, 0.2) is 0 Å². The number of nitrogens with one attached hydrogen (secondary N) is 1. The highest BCUT2D eigenvalue weighted by molar-refractivity contribution is 5.95. The monoisotopic (exact) mass is 247 g/mol. The van der Waals surface area contributed by atoms with Gasteiger partial charge in [-0.05, 0) is 44.2 Å². The average molecular weight is 247 g/mol. The van der Waals surface area contributed by atoms with Crippen LogP contribution in [0.25, 0.3) is 0 Å². The van der Waals surface area contributed by atoms with Gasteiger partial charge >= 0.3 is 0 Å². The van der Waals surface area contributed by atoms with Gasteiger partial charge in [0, 0.05) is 16.8 Å². The molecule has 2 rings (SSSR count). The van der Waals surface area contributed by atoms with Crippen molar-refractivity contribution in [2.24, 2.45) is 0 Å². The minimum Gasteiger partial charge on any atom is -0.384 e. The number of amides is 1. The van der Waals surface area contributed by atoms with Crippen LogP contribution >= 0.6 is 0 Å². The van der Waals surface area contributed by atoms with Gasteiger partial charge in [-0.15, -0.1) is 0 Å².